The number of rotatable bonds is 5. The van der Waals surface area contributed by atoms with E-state index in [2.05, 4.69) is 4.98 Å². The molecule has 0 fully saturated rings. The van der Waals surface area contributed by atoms with Gasteiger partial charge in [-0.25, -0.2) is 0 Å². The summed E-state index contributed by atoms with van der Waals surface area (Å²) in [4.78, 5) is 17.5. The average molecular weight is 235 g/mol. The average Bonchev–Trinajstić information content (AvgIpc) is 2.25. The number of carbonyl (C=O) groups is 1. The van der Waals surface area contributed by atoms with Crippen LogP contribution in [-0.4, -0.2) is 34.9 Å². The topological polar surface area (TPSA) is 59.2 Å². The fraction of sp³-hybridized carbons (Fsp3) is 0.538. The van der Waals surface area contributed by atoms with Gasteiger partial charge in [-0.05, 0) is 38.0 Å². The second-order valence-electron chi connectivity index (χ2n) is 5.09. The van der Waals surface area contributed by atoms with Crippen molar-refractivity contribution in [1.82, 2.24) is 9.88 Å². The number of carbonyl (C=O) groups excluding carboxylic acids is 1. The van der Waals surface area contributed by atoms with Gasteiger partial charge in [-0.2, -0.15) is 0 Å². The maximum absolute atomic E-state index is 11.8. The summed E-state index contributed by atoms with van der Waals surface area (Å²) < 4.78 is 0. The van der Waals surface area contributed by atoms with Crippen LogP contribution >= 0.6 is 0 Å². The summed E-state index contributed by atoms with van der Waals surface area (Å²) in [5.74, 6) is 0.0894. The zero-order chi connectivity index (χ0) is 12.9. The Labute approximate surface area is 103 Å². The fourth-order valence-electron chi connectivity index (χ4n) is 1.50. The Hall–Kier alpha value is -1.42. The molecule has 0 aliphatic rings. The molecule has 0 saturated heterocycles. The van der Waals surface area contributed by atoms with E-state index in [4.69, 9.17) is 5.73 Å². The first kappa shape index (κ1) is 13.6. The highest BCUT2D eigenvalue weighted by molar-refractivity contribution is 5.77. The van der Waals surface area contributed by atoms with Gasteiger partial charge in [-0.3, -0.25) is 9.78 Å². The van der Waals surface area contributed by atoms with Gasteiger partial charge < -0.3 is 10.6 Å². The summed E-state index contributed by atoms with van der Waals surface area (Å²) in [6.45, 7) is 4.43. The van der Waals surface area contributed by atoms with Crippen LogP contribution in [0, 0.1) is 0 Å². The van der Waals surface area contributed by atoms with Crippen molar-refractivity contribution in [3.05, 3.63) is 30.1 Å². The van der Waals surface area contributed by atoms with Crippen molar-refractivity contribution in [1.29, 1.82) is 0 Å². The Morgan fingerprint density at radius 2 is 2.00 bits per heavy atom. The van der Waals surface area contributed by atoms with Crippen molar-refractivity contribution >= 4 is 5.91 Å². The molecule has 4 nitrogen and oxygen atoms in total. The van der Waals surface area contributed by atoms with Crippen molar-refractivity contribution in [2.75, 3.05) is 13.6 Å². The van der Waals surface area contributed by atoms with Crippen LogP contribution in [0.5, 0.6) is 0 Å². The van der Waals surface area contributed by atoms with Crippen LogP contribution in [0.4, 0.5) is 0 Å². The van der Waals surface area contributed by atoms with Crippen LogP contribution in [0.15, 0.2) is 24.5 Å². The SMILES string of the molecule is CN(CCc1ccncc1)C(=O)CC(C)(C)N. The number of aromatic nitrogens is 1. The molecule has 0 aliphatic heterocycles. The van der Waals surface area contributed by atoms with Gasteiger partial charge in [-0.1, -0.05) is 0 Å². The lowest BCUT2D eigenvalue weighted by Crippen LogP contribution is -2.40. The summed E-state index contributed by atoms with van der Waals surface area (Å²) in [5.41, 5.74) is 6.57. The predicted octanol–water partition coefficient (Wildman–Crippen LogP) is 1.21. The van der Waals surface area contributed by atoms with Crippen LogP contribution < -0.4 is 5.73 Å². The van der Waals surface area contributed by atoms with Gasteiger partial charge in [0.05, 0.1) is 0 Å². The number of hydrogen-bond donors (Lipinski definition) is 1. The molecule has 0 bridgehead atoms. The summed E-state index contributed by atoms with van der Waals surface area (Å²) in [6, 6.07) is 3.93. The molecular formula is C13H21N3O. The second kappa shape index (κ2) is 5.77. The molecule has 0 saturated carbocycles. The third kappa shape index (κ3) is 5.45. The number of hydrogen-bond acceptors (Lipinski definition) is 3. The monoisotopic (exact) mass is 235 g/mol. The molecule has 94 valence electrons. The lowest BCUT2D eigenvalue weighted by atomic mass is 10.0. The van der Waals surface area contributed by atoms with Gasteiger partial charge in [0, 0.05) is 37.9 Å². The predicted molar refractivity (Wildman–Crippen MR) is 68.5 cm³/mol. The Bertz CT molecular complexity index is 357. The molecule has 4 heteroatoms. The molecule has 0 radical (unpaired) electrons. The molecule has 0 spiro atoms. The summed E-state index contributed by atoms with van der Waals surface area (Å²) in [7, 11) is 1.81. The first-order valence-corrected chi connectivity index (χ1v) is 5.80. The highest BCUT2D eigenvalue weighted by Crippen LogP contribution is 2.07. The van der Waals surface area contributed by atoms with Gasteiger partial charge >= 0.3 is 0 Å². The van der Waals surface area contributed by atoms with Crippen molar-refractivity contribution in [3.63, 3.8) is 0 Å². The summed E-state index contributed by atoms with van der Waals surface area (Å²) in [6.07, 6.45) is 4.75. The minimum absolute atomic E-state index is 0.0894. The highest BCUT2D eigenvalue weighted by Gasteiger charge is 2.18. The summed E-state index contributed by atoms with van der Waals surface area (Å²) >= 11 is 0. The van der Waals surface area contributed by atoms with E-state index in [0.29, 0.717) is 13.0 Å². The van der Waals surface area contributed by atoms with E-state index in [1.54, 1.807) is 17.3 Å². The molecular weight excluding hydrogens is 214 g/mol. The van der Waals surface area contributed by atoms with Crippen molar-refractivity contribution in [3.8, 4) is 0 Å². The Balaban J connectivity index is 2.40. The molecule has 1 amide bonds. The van der Waals surface area contributed by atoms with E-state index in [0.717, 1.165) is 6.42 Å². The first-order valence-electron chi connectivity index (χ1n) is 5.80. The van der Waals surface area contributed by atoms with E-state index in [1.165, 1.54) is 5.56 Å². The van der Waals surface area contributed by atoms with Crippen LogP contribution in [0.2, 0.25) is 0 Å². The first-order chi connectivity index (χ1) is 7.88. The molecule has 17 heavy (non-hydrogen) atoms. The van der Waals surface area contributed by atoms with Gasteiger partial charge in [0.2, 0.25) is 5.91 Å². The van der Waals surface area contributed by atoms with Gasteiger partial charge in [0.15, 0.2) is 0 Å². The quantitative estimate of drug-likeness (QED) is 0.834. The number of amides is 1. The molecule has 1 heterocycles. The molecule has 0 aliphatic carbocycles. The van der Waals surface area contributed by atoms with Crippen LogP contribution in [0.25, 0.3) is 0 Å². The fourth-order valence-corrected chi connectivity index (χ4v) is 1.50. The second-order valence-corrected chi connectivity index (χ2v) is 5.09. The lowest BCUT2D eigenvalue weighted by molar-refractivity contribution is -0.130. The Morgan fingerprint density at radius 1 is 1.41 bits per heavy atom. The Morgan fingerprint density at radius 3 is 2.53 bits per heavy atom. The molecule has 1 aromatic heterocycles. The van der Waals surface area contributed by atoms with Gasteiger partial charge in [0.1, 0.15) is 0 Å². The van der Waals surface area contributed by atoms with Gasteiger partial charge in [0.25, 0.3) is 0 Å². The molecule has 1 rings (SSSR count). The van der Waals surface area contributed by atoms with Crippen LogP contribution in [0.1, 0.15) is 25.8 Å². The van der Waals surface area contributed by atoms with Crippen molar-refractivity contribution < 1.29 is 4.79 Å². The lowest BCUT2D eigenvalue weighted by Gasteiger charge is -2.23. The number of nitrogens with zero attached hydrogens (tertiary/aromatic N) is 2. The highest BCUT2D eigenvalue weighted by atomic mass is 16.2. The molecule has 0 atom stereocenters. The third-order valence-corrected chi connectivity index (χ3v) is 2.52. The number of nitrogens with two attached hydrogens (primary N) is 1. The van der Waals surface area contributed by atoms with Crippen LogP contribution in [-0.2, 0) is 11.2 Å². The molecule has 0 unspecified atom stereocenters. The normalized spacial score (nSPS) is 11.3. The van der Waals surface area contributed by atoms with Gasteiger partial charge in [-0.15, -0.1) is 0 Å². The maximum atomic E-state index is 11.8. The van der Waals surface area contributed by atoms with Crippen LogP contribution in [0.3, 0.4) is 0 Å². The maximum Gasteiger partial charge on any atom is 0.224 e. The van der Waals surface area contributed by atoms with E-state index in [-0.39, 0.29) is 5.91 Å². The smallest absolute Gasteiger partial charge is 0.224 e. The van der Waals surface area contributed by atoms with Crippen molar-refractivity contribution in [2.24, 2.45) is 5.73 Å². The van der Waals surface area contributed by atoms with Crippen molar-refractivity contribution in [2.45, 2.75) is 32.2 Å². The minimum atomic E-state index is -0.442. The van der Waals surface area contributed by atoms with E-state index >= 15 is 0 Å². The zero-order valence-electron chi connectivity index (χ0n) is 10.8. The van der Waals surface area contributed by atoms with E-state index in [9.17, 15) is 4.79 Å². The molecule has 1 aromatic rings. The third-order valence-electron chi connectivity index (χ3n) is 2.52. The largest absolute Gasteiger partial charge is 0.345 e. The summed E-state index contributed by atoms with van der Waals surface area (Å²) in [5, 5.41) is 0. The molecule has 0 aromatic carbocycles. The van der Waals surface area contributed by atoms with E-state index < -0.39 is 5.54 Å². The zero-order valence-corrected chi connectivity index (χ0v) is 10.8. The number of pyridine rings is 1. The van der Waals surface area contributed by atoms with E-state index in [1.807, 2.05) is 33.0 Å². The standard InChI is InChI=1S/C13H21N3O/c1-13(2,14)10-12(17)16(3)9-6-11-4-7-15-8-5-11/h4-5,7-8H,6,9-10,14H2,1-3H3. The Kier molecular flexibility index (Phi) is 4.63. The molecule has 2 N–H and O–H groups in total. The minimum Gasteiger partial charge on any atom is -0.345 e. The number of likely N-dealkylation sites (N-methyl/N-ethyl adjacent to an activating group) is 1.